The second kappa shape index (κ2) is 3.42. The van der Waals surface area contributed by atoms with Crippen molar-refractivity contribution in [2.45, 2.75) is 5.33 Å². The predicted molar refractivity (Wildman–Crippen MR) is 61.0 cm³/mol. The number of aromatic nitrogens is 2. The molecule has 2 aromatic rings. The zero-order valence-corrected chi connectivity index (χ0v) is 10.3. The average molecular weight is 304 g/mol. The van der Waals surface area contributed by atoms with Crippen LogP contribution >= 0.6 is 31.9 Å². The van der Waals surface area contributed by atoms with E-state index in [-0.39, 0.29) is 0 Å². The van der Waals surface area contributed by atoms with Gasteiger partial charge in [-0.1, -0.05) is 31.9 Å². The first-order valence-electron chi connectivity index (χ1n) is 3.89. The second-order valence-corrected chi connectivity index (χ2v) is 4.34. The van der Waals surface area contributed by atoms with Crippen LogP contribution in [0.4, 0.5) is 0 Å². The standard InChI is InChI=1S/C9H8Br2N2/c1-13-9-4-6(11)2-3-7(9)8(5-10)12-13/h2-4H,5H2,1H3. The summed E-state index contributed by atoms with van der Waals surface area (Å²) in [5.74, 6) is 0. The number of fused-ring (bicyclic) bond motifs is 1. The van der Waals surface area contributed by atoms with E-state index in [1.807, 2.05) is 17.8 Å². The summed E-state index contributed by atoms with van der Waals surface area (Å²) in [6, 6.07) is 6.20. The molecule has 0 atom stereocenters. The summed E-state index contributed by atoms with van der Waals surface area (Å²) >= 11 is 6.87. The number of rotatable bonds is 1. The number of aryl methyl sites for hydroxylation is 1. The molecule has 0 spiro atoms. The van der Waals surface area contributed by atoms with E-state index < -0.39 is 0 Å². The molecule has 0 amide bonds. The number of hydrogen-bond acceptors (Lipinski definition) is 1. The Hall–Kier alpha value is -0.350. The van der Waals surface area contributed by atoms with Gasteiger partial charge in [-0.05, 0) is 18.2 Å². The third-order valence-corrected chi connectivity index (χ3v) is 3.04. The number of hydrogen-bond donors (Lipinski definition) is 0. The van der Waals surface area contributed by atoms with E-state index in [2.05, 4.69) is 49.1 Å². The Labute approximate surface area is 93.2 Å². The van der Waals surface area contributed by atoms with Crippen LogP contribution in [0.2, 0.25) is 0 Å². The molecule has 4 heteroatoms. The van der Waals surface area contributed by atoms with Crippen LogP contribution in [0.3, 0.4) is 0 Å². The molecule has 0 aliphatic heterocycles. The molecule has 13 heavy (non-hydrogen) atoms. The predicted octanol–water partition coefficient (Wildman–Crippen LogP) is 3.23. The SMILES string of the molecule is Cn1nc(CBr)c2ccc(Br)cc21. The van der Waals surface area contributed by atoms with Crippen molar-refractivity contribution in [2.75, 3.05) is 0 Å². The summed E-state index contributed by atoms with van der Waals surface area (Å²) in [6.07, 6.45) is 0. The fourth-order valence-electron chi connectivity index (χ4n) is 1.40. The van der Waals surface area contributed by atoms with Gasteiger partial charge < -0.3 is 0 Å². The van der Waals surface area contributed by atoms with Gasteiger partial charge in [-0.25, -0.2) is 0 Å². The number of benzene rings is 1. The zero-order chi connectivity index (χ0) is 9.42. The van der Waals surface area contributed by atoms with Crippen molar-refractivity contribution in [3.8, 4) is 0 Å². The minimum Gasteiger partial charge on any atom is -0.268 e. The molecule has 0 saturated heterocycles. The molecule has 0 radical (unpaired) electrons. The molecule has 0 bridgehead atoms. The van der Waals surface area contributed by atoms with Crippen molar-refractivity contribution < 1.29 is 0 Å². The van der Waals surface area contributed by atoms with Crippen LogP contribution in [0.1, 0.15) is 5.69 Å². The lowest BCUT2D eigenvalue weighted by atomic mass is 10.2. The maximum Gasteiger partial charge on any atom is 0.0808 e. The third kappa shape index (κ3) is 1.53. The third-order valence-electron chi connectivity index (χ3n) is 2.02. The first-order valence-corrected chi connectivity index (χ1v) is 5.81. The maximum atomic E-state index is 4.40. The fourth-order valence-corrected chi connectivity index (χ4v) is 2.17. The van der Waals surface area contributed by atoms with Crippen LogP contribution in [0.5, 0.6) is 0 Å². The van der Waals surface area contributed by atoms with E-state index in [4.69, 9.17) is 0 Å². The van der Waals surface area contributed by atoms with Crippen molar-refractivity contribution in [1.82, 2.24) is 9.78 Å². The lowest BCUT2D eigenvalue weighted by Gasteiger charge is -1.93. The highest BCUT2D eigenvalue weighted by molar-refractivity contribution is 9.10. The van der Waals surface area contributed by atoms with Crippen LogP contribution in [-0.2, 0) is 12.4 Å². The largest absolute Gasteiger partial charge is 0.268 e. The number of halogens is 2. The quantitative estimate of drug-likeness (QED) is 0.740. The smallest absolute Gasteiger partial charge is 0.0808 e. The van der Waals surface area contributed by atoms with Crippen LogP contribution in [0.25, 0.3) is 10.9 Å². The highest BCUT2D eigenvalue weighted by Crippen LogP contribution is 2.23. The summed E-state index contributed by atoms with van der Waals surface area (Å²) in [7, 11) is 1.96. The Morgan fingerprint density at radius 1 is 1.46 bits per heavy atom. The van der Waals surface area contributed by atoms with E-state index in [0.717, 1.165) is 21.0 Å². The van der Waals surface area contributed by atoms with Crippen LogP contribution < -0.4 is 0 Å². The number of nitrogens with zero attached hydrogens (tertiary/aromatic N) is 2. The van der Waals surface area contributed by atoms with Gasteiger partial charge in [0.15, 0.2) is 0 Å². The summed E-state index contributed by atoms with van der Waals surface area (Å²) in [5, 5.41) is 6.41. The van der Waals surface area contributed by atoms with Crippen LogP contribution in [0.15, 0.2) is 22.7 Å². The first kappa shape index (κ1) is 9.21. The highest BCUT2D eigenvalue weighted by Gasteiger charge is 2.06. The van der Waals surface area contributed by atoms with Gasteiger partial charge in [0, 0.05) is 22.2 Å². The minimum atomic E-state index is 0.798. The summed E-state index contributed by atoms with van der Waals surface area (Å²) in [4.78, 5) is 0. The molecule has 2 rings (SSSR count). The van der Waals surface area contributed by atoms with Crippen molar-refractivity contribution in [1.29, 1.82) is 0 Å². The Balaban J connectivity index is 2.80. The molecule has 1 heterocycles. The van der Waals surface area contributed by atoms with Crippen molar-refractivity contribution in [3.63, 3.8) is 0 Å². The van der Waals surface area contributed by atoms with Gasteiger partial charge in [-0.2, -0.15) is 5.10 Å². The van der Waals surface area contributed by atoms with Gasteiger partial charge in [0.2, 0.25) is 0 Å². The molecule has 0 aliphatic carbocycles. The van der Waals surface area contributed by atoms with Crippen LogP contribution in [0, 0.1) is 0 Å². The lowest BCUT2D eigenvalue weighted by Crippen LogP contribution is -1.89. The van der Waals surface area contributed by atoms with E-state index in [0.29, 0.717) is 0 Å². The Morgan fingerprint density at radius 3 is 2.92 bits per heavy atom. The van der Waals surface area contributed by atoms with Gasteiger partial charge in [0.25, 0.3) is 0 Å². The van der Waals surface area contributed by atoms with Crippen LogP contribution in [-0.4, -0.2) is 9.78 Å². The zero-order valence-electron chi connectivity index (χ0n) is 7.09. The topological polar surface area (TPSA) is 17.8 Å². The molecule has 1 aromatic carbocycles. The Morgan fingerprint density at radius 2 is 2.23 bits per heavy atom. The molecule has 0 unspecified atom stereocenters. The monoisotopic (exact) mass is 302 g/mol. The molecule has 2 nitrogen and oxygen atoms in total. The molecule has 0 fully saturated rings. The van der Waals surface area contributed by atoms with Gasteiger partial charge in [0.1, 0.15) is 0 Å². The minimum absolute atomic E-state index is 0.798. The van der Waals surface area contributed by atoms with Crippen molar-refractivity contribution in [2.24, 2.45) is 7.05 Å². The highest BCUT2D eigenvalue weighted by atomic mass is 79.9. The maximum absolute atomic E-state index is 4.40. The van der Waals surface area contributed by atoms with Crippen molar-refractivity contribution in [3.05, 3.63) is 28.4 Å². The number of alkyl halides is 1. The summed E-state index contributed by atoms with van der Waals surface area (Å²) in [6.45, 7) is 0. The molecular weight excluding hydrogens is 296 g/mol. The summed E-state index contributed by atoms with van der Waals surface area (Å²) in [5.41, 5.74) is 2.24. The molecule has 0 N–H and O–H groups in total. The van der Waals surface area contributed by atoms with E-state index >= 15 is 0 Å². The lowest BCUT2D eigenvalue weighted by molar-refractivity contribution is 0.781. The van der Waals surface area contributed by atoms with E-state index in [9.17, 15) is 0 Å². The molecule has 0 aliphatic rings. The Bertz CT molecular complexity index is 448. The van der Waals surface area contributed by atoms with Gasteiger partial charge in [0.05, 0.1) is 11.2 Å². The summed E-state index contributed by atoms with van der Waals surface area (Å²) < 4.78 is 2.99. The van der Waals surface area contributed by atoms with E-state index in [1.54, 1.807) is 0 Å². The molecule has 1 aromatic heterocycles. The Kier molecular flexibility index (Phi) is 2.43. The molecule has 0 saturated carbocycles. The van der Waals surface area contributed by atoms with E-state index in [1.165, 1.54) is 5.39 Å². The normalized spacial score (nSPS) is 11.0. The molecule has 68 valence electrons. The van der Waals surface area contributed by atoms with Gasteiger partial charge >= 0.3 is 0 Å². The second-order valence-electron chi connectivity index (χ2n) is 2.87. The van der Waals surface area contributed by atoms with Gasteiger partial charge in [-0.3, -0.25) is 4.68 Å². The molecular formula is C9H8Br2N2. The van der Waals surface area contributed by atoms with Crippen molar-refractivity contribution >= 4 is 42.8 Å². The average Bonchev–Trinajstić information content (AvgIpc) is 2.43. The first-order chi connectivity index (χ1) is 6.22. The fraction of sp³-hybridized carbons (Fsp3) is 0.222. The van der Waals surface area contributed by atoms with Gasteiger partial charge in [-0.15, -0.1) is 0 Å².